The summed E-state index contributed by atoms with van der Waals surface area (Å²) in [7, 11) is 1.66. The van der Waals surface area contributed by atoms with Crippen LogP contribution in [0.2, 0.25) is 0 Å². The maximum Gasteiger partial charge on any atom is 0.126 e. The number of hydrogen-bond acceptors (Lipinski definition) is 1. The van der Waals surface area contributed by atoms with E-state index in [0.29, 0.717) is 5.56 Å². The van der Waals surface area contributed by atoms with Gasteiger partial charge in [0, 0.05) is 0 Å². The molecule has 0 heterocycles. The van der Waals surface area contributed by atoms with Gasteiger partial charge in [0.05, 0.1) is 7.11 Å². The van der Waals surface area contributed by atoms with E-state index in [0.717, 1.165) is 17.7 Å². The van der Waals surface area contributed by atoms with Gasteiger partial charge in [0.15, 0.2) is 0 Å². The molecule has 0 saturated carbocycles. The molecule has 19 heavy (non-hydrogen) atoms. The smallest absolute Gasteiger partial charge is 0.126 e. The predicted molar refractivity (Wildman–Crippen MR) is 76.9 cm³/mol. The zero-order valence-electron chi connectivity index (χ0n) is 11.2. The van der Waals surface area contributed by atoms with Crippen molar-refractivity contribution < 1.29 is 9.13 Å². The first-order valence-electron chi connectivity index (χ1n) is 6.25. The number of halogens is 1. The summed E-state index contributed by atoms with van der Waals surface area (Å²) in [5.74, 6) is 0.691. The van der Waals surface area contributed by atoms with Crippen LogP contribution in [0, 0.1) is 12.7 Å². The van der Waals surface area contributed by atoms with E-state index in [1.165, 1.54) is 11.6 Å². The van der Waals surface area contributed by atoms with E-state index in [1.807, 2.05) is 42.5 Å². The maximum absolute atomic E-state index is 13.4. The second kappa shape index (κ2) is 6.19. The molecule has 2 aromatic rings. The van der Waals surface area contributed by atoms with Gasteiger partial charge in [-0.05, 0) is 48.2 Å². The van der Waals surface area contributed by atoms with Crippen LogP contribution in [0.25, 0.3) is 6.08 Å². The predicted octanol–water partition coefficient (Wildman–Crippen LogP) is 4.40. The van der Waals surface area contributed by atoms with Crippen LogP contribution in [0.1, 0.15) is 16.7 Å². The first kappa shape index (κ1) is 13.3. The number of methoxy groups -OCH3 is 1. The van der Waals surface area contributed by atoms with E-state index < -0.39 is 0 Å². The zero-order valence-corrected chi connectivity index (χ0v) is 11.2. The fourth-order valence-electron chi connectivity index (χ4n) is 1.93. The quantitative estimate of drug-likeness (QED) is 0.788. The van der Waals surface area contributed by atoms with E-state index in [9.17, 15) is 4.39 Å². The normalized spacial score (nSPS) is 10.9. The highest BCUT2D eigenvalue weighted by Crippen LogP contribution is 2.16. The van der Waals surface area contributed by atoms with Crippen LogP contribution >= 0.6 is 0 Å². The van der Waals surface area contributed by atoms with Crippen LogP contribution in [0.4, 0.5) is 4.39 Å². The summed E-state index contributed by atoms with van der Waals surface area (Å²) >= 11 is 0. The number of hydrogen-bond donors (Lipinski definition) is 0. The Morgan fingerprint density at radius 1 is 1.16 bits per heavy atom. The SMILES string of the molecule is COc1cccc(C/C=C/c2cccc(F)c2C)c1. The molecule has 0 spiro atoms. The van der Waals surface area contributed by atoms with Crippen LogP contribution in [0.3, 0.4) is 0 Å². The van der Waals surface area contributed by atoms with Crippen molar-refractivity contribution in [1.29, 1.82) is 0 Å². The first-order valence-corrected chi connectivity index (χ1v) is 6.25. The Bertz CT molecular complexity index is 588. The van der Waals surface area contributed by atoms with Gasteiger partial charge >= 0.3 is 0 Å². The molecule has 0 aliphatic rings. The fourth-order valence-corrected chi connectivity index (χ4v) is 1.93. The molecule has 2 rings (SSSR count). The molecular weight excluding hydrogens is 239 g/mol. The summed E-state index contributed by atoms with van der Waals surface area (Å²) in [5.41, 5.74) is 2.77. The minimum Gasteiger partial charge on any atom is -0.497 e. The lowest BCUT2D eigenvalue weighted by atomic mass is 10.1. The minimum absolute atomic E-state index is 0.163. The zero-order chi connectivity index (χ0) is 13.7. The van der Waals surface area contributed by atoms with Gasteiger partial charge in [-0.2, -0.15) is 0 Å². The topological polar surface area (TPSA) is 9.23 Å². The van der Waals surface area contributed by atoms with Crippen molar-refractivity contribution in [2.24, 2.45) is 0 Å². The molecule has 0 atom stereocenters. The Kier molecular flexibility index (Phi) is 4.35. The second-order valence-corrected chi connectivity index (χ2v) is 4.41. The molecule has 2 heteroatoms. The van der Waals surface area contributed by atoms with Crippen molar-refractivity contribution in [3.63, 3.8) is 0 Å². The Morgan fingerprint density at radius 2 is 1.95 bits per heavy atom. The lowest BCUT2D eigenvalue weighted by molar-refractivity contribution is 0.414. The molecule has 0 radical (unpaired) electrons. The van der Waals surface area contributed by atoms with Gasteiger partial charge in [0.25, 0.3) is 0 Å². The summed E-state index contributed by atoms with van der Waals surface area (Å²) in [5, 5.41) is 0. The Labute approximate surface area is 113 Å². The van der Waals surface area contributed by atoms with Crippen LogP contribution in [0.15, 0.2) is 48.5 Å². The Hall–Kier alpha value is -2.09. The summed E-state index contributed by atoms with van der Waals surface area (Å²) in [6, 6.07) is 13.1. The number of ether oxygens (including phenoxy) is 1. The summed E-state index contributed by atoms with van der Waals surface area (Å²) in [4.78, 5) is 0. The van der Waals surface area contributed by atoms with E-state index in [4.69, 9.17) is 4.74 Å². The summed E-state index contributed by atoms with van der Waals surface area (Å²) in [6.07, 6.45) is 4.79. The van der Waals surface area contributed by atoms with Crippen LogP contribution in [-0.4, -0.2) is 7.11 Å². The third kappa shape index (κ3) is 3.44. The molecule has 98 valence electrons. The average Bonchev–Trinajstić information content (AvgIpc) is 2.44. The van der Waals surface area contributed by atoms with Crippen LogP contribution in [0.5, 0.6) is 5.75 Å². The number of allylic oxidation sites excluding steroid dienone is 1. The van der Waals surface area contributed by atoms with Gasteiger partial charge in [-0.25, -0.2) is 4.39 Å². The van der Waals surface area contributed by atoms with Crippen molar-refractivity contribution in [3.05, 3.63) is 71.0 Å². The molecule has 0 fully saturated rings. The lowest BCUT2D eigenvalue weighted by Crippen LogP contribution is -1.87. The maximum atomic E-state index is 13.4. The van der Waals surface area contributed by atoms with Gasteiger partial charge < -0.3 is 4.74 Å². The molecule has 0 bridgehead atoms. The molecule has 1 nitrogen and oxygen atoms in total. The van der Waals surface area contributed by atoms with Crippen molar-refractivity contribution in [3.8, 4) is 5.75 Å². The van der Waals surface area contributed by atoms with Gasteiger partial charge in [-0.1, -0.05) is 36.4 Å². The fraction of sp³-hybridized carbons (Fsp3) is 0.176. The summed E-state index contributed by atoms with van der Waals surface area (Å²) < 4.78 is 18.6. The third-order valence-corrected chi connectivity index (χ3v) is 3.09. The summed E-state index contributed by atoms with van der Waals surface area (Å²) in [6.45, 7) is 1.79. The van der Waals surface area contributed by atoms with E-state index in [-0.39, 0.29) is 5.82 Å². The molecule has 0 saturated heterocycles. The first-order chi connectivity index (χ1) is 9.20. The Balaban J connectivity index is 2.09. The average molecular weight is 256 g/mol. The standard InChI is InChI=1S/C17H17FO/c1-13-15(9-5-11-17(13)18)8-3-6-14-7-4-10-16(12-14)19-2/h3-5,7-12H,6H2,1-2H3/b8-3+. The number of rotatable bonds is 4. The molecular formula is C17H17FO. The van der Waals surface area contributed by atoms with Gasteiger partial charge in [-0.15, -0.1) is 0 Å². The minimum atomic E-state index is -0.163. The highest BCUT2D eigenvalue weighted by Gasteiger charge is 1.99. The largest absolute Gasteiger partial charge is 0.497 e. The Morgan fingerprint density at radius 3 is 2.74 bits per heavy atom. The lowest BCUT2D eigenvalue weighted by Gasteiger charge is -2.03. The highest BCUT2D eigenvalue weighted by molar-refractivity contribution is 5.54. The molecule has 0 aromatic heterocycles. The van der Waals surface area contributed by atoms with E-state index in [2.05, 4.69) is 0 Å². The number of benzene rings is 2. The van der Waals surface area contributed by atoms with Crippen LogP contribution < -0.4 is 4.74 Å². The van der Waals surface area contributed by atoms with E-state index >= 15 is 0 Å². The van der Waals surface area contributed by atoms with Gasteiger partial charge in [0.1, 0.15) is 11.6 Å². The molecule has 0 unspecified atom stereocenters. The third-order valence-electron chi connectivity index (χ3n) is 3.09. The molecule has 0 aliphatic carbocycles. The van der Waals surface area contributed by atoms with Gasteiger partial charge in [0.2, 0.25) is 0 Å². The van der Waals surface area contributed by atoms with Crippen molar-refractivity contribution in [1.82, 2.24) is 0 Å². The highest BCUT2D eigenvalue weighted by atomic mass is 19.1. The van der Waals surface area contributed by atoms with Crippen LogP contribution in [-0.2, 0) is 6.42 Å². The second-order valence-electron chi connectivity index (χ2n) is 4.41. The van der Waals surface area contributed by atoms with Crippen molar-refractivity contribution in [2.45, 2.75) is 13.3 Å². The van der Waals surface area contributed by atoms with Crippen molar-refractivity contribution in [2.75, 3.05) is 7.11 Å². The molecule has 0 amide bonds. The molecule has 0 N–H and O–H groups in total. The monoisotopic (exact) mass is 256 g/mol. The molecule has 2 aromatic carbocycles. The molecule has 0 aliphatic heterocycles. The van der Waals surface area contributed by atoms with Gasteiger partial charge in [-0.3, -0.25) is 0 Å². The van der Waals surface area contributed by atoms with E-state index in [1.54, 1.807) is 20.1 Å². The van der Waals surface area contributed by atoms with Crippen molar-refractivity contribution >= 4 is 6.08 Å².